The first kappa shape index (κ1) is 15.6. The second-order valence-corrected chi connectivity index (χ2v) is 7.36. The highest BCUT2D eigenvalue weighted by atomic mass is 35.5. The molecule has 0 fully saturated rings. The van der Waals surface area contributed by atoms with Crippen LogP contribution in [-0.4, -0.2) is 37.7 Å². The zero-order valence-corrected chi connectivity index (χ0v) is 13.6. The van der Waals surface area contributed by atoms with Crippen LogP contribution >= 0.6 is 23.2 Å². The van der Waals surface area contributed by atoms with E-state index in [0.717, 1.165) is 6.26 Å². The van der Waals surface area contributed by atoms with Gasteiger partial charge in [0.05, 0.1) is 28.3 Å². The van der Waals surface area contributed by atoms with Crippen molar-refractivity contribution in [2.75, 3.05) is 6.26 Å². The number of oxime groups is 1. The van der Waals surface area contributed by atoms with Crippen molar-refractivity contribution in [1.82, 2.24) is 0 Å². The molecule has 0 radical (unpaired) electrons. The van der Waals surface area contributed by atoms with Crippen LogP contribution in [0.25, 0.3) is 0 Å². The number of fused-ring (bicyclic) bond motifs is 1. The van der Waals surface area contributed by atoms with Crippen molar-refractivity contribution < 1.29 is 22.5 Å². The van der Waals surface area contributed by atoms with E-state index in [-0.39, 0.29) is 5.76 Å². The molecule has 0 spiro atoms. The molecule has 0 bridgehead atoms. The Morgan fingerprint density at radius 2 is 1.95 bits per heavy atom. The van der Waals surface area contributed by atoms with Gasteiger partial charge in [-0.15, -0.1) is 0 Å². The minimum Gasteiger partial charge on any atom is -0.388 e. The van der Waals surface area contributed by atoms with E-state index in [1.54, 1.807) is 18.2 Å². The Kier molecular flexibility index (Phi) is 3.84. The van der Waals surface area contributed by atoms with Crippen molar-refractivity contribution in [1.29, 1.82) is 0 Å². The molecule has 0 amide bonds. The average Bonchev–Trinajstić information content (AvgIpc) is 2.91. The van der Waals surface area contributed by atoms with Gasteiger partial charge in [-0.2, -0.15) is 8.42 Å². The molecule has 0 aromatic heterocycles. The SMILES string of the molecule is CS(=O)(=O)OC1=C[C@H](O)[C@@H]2C(c3c(Cl)cccc3Cl)=NO[C@H]12. The lowest BCUT2D eigenvalue weighted by molar-refractivity contribution is 0.0514. The Balaban J connectivity index is 1.95. The molecule has 3 atom stereocenters. The topological polar surface area (TPSA) is 85.2 Å². The van der Waals surface area contributed by atoms with E-state index in [1.165, 1.54) is 6.08 Å². The molecular weight excluding hydrogens is 353 g/mol. The predicted molar refractivity (Wildman–Crippen MR) is 81.4 cm³/mol. The summed E-state index contributed by atoms with van der Waals surface area (Å²) in [6.45, 7) is 0. The maximum atomic E-state index is 11.3. The molecule has 1 aliphatic heterocycles. The van der Waals surface area contributed by atoms with Gasteiger partial charge in [-0.25, -0.2) is 0 Å². The van der Waals surface area contributed by atoms with Crippen LogP contribution in [0.1, 0.15) is 5.56 Å². The smallest absolute Gasteiger partial charge is 0.306 e. The minimum absolute atomic E-state index is 0.00178. The maximum Gasteiger partial charge on any atom is 0.306 e. The highest BCUT2D eigenvalue weighted by molar-refractivity contribution is 7.86. The molecule has 22 heavy (non-hydrogen) atoms. The second-order valence-electron chi connectivity index (χ2n) is 4.97. The molecule has 0 saturated carbocycles. The number of halogens is 2. The lowest BCUT2D eigenvalue weighted by Crippen LogP contribution is -2.30. The first-order chi connectivity index (χ1) is 10.3. The van der Waals surface area contributed by atoms with Gasteiger partial charge in [-0.05, 0) is 18.2 Å². The number of benzene rings is 1. The fourth-order valence-corrected chi connectivity index (χ4v) is 3.62. The summed E-state index contributed by atoms with van der Waals surface area (Å²) in [7, 11) is -3.73. The summed E-state index contributed by atoms with van der Waals surface area (Å²) in [6, 6.07) is 4.96. The Bertz CT molecular complexity index is 769. The molecule has 6 nitrogen and oxygen atoms in total. The van der Waals surface area contributed by atoms with Gasteiger partial charge in [0.1, 0.15) is 5.71 Å². The molecule has 1 N–H and O–H groups in total. The van der Waals surface area contributed by atoms with E-state index in [2.05, 4.69) is 5.16 Å². The van der Waals surface area contributed by atoms with Crippen molar-refractivity contribution in [3.05, 3.63) is 45.6 Å². The Hall–Kier alpha value is -1.28. The standard InChI is InChI=1S/C13H11Cl2NO5S/c1-22(18,19)21-9-5-8(17)11-12(16-20-13(9)11)10-6(14)3-2-4-7(10)15/h2-5,8,11,13,17H,1H3/t8-,11+,13+/m0/s1. The molecule has 1 heterocycles. The number of hydrogen-bond acceptors (Lipinski definition) is 6. The van der Waals surface area contributed by atoms with Crippen LogP contribution in [0.4, 0.5) is 0 Å². The highest BCUT2D eigenvalue weighted by Gasteiger charge is 2.49. The van der Waals surface area contributed by atoms with E-state index in [9.17, 15) is 13.5 Å². The molecule has 3 rings (SSSR count). The third-order valence-corrected chi connectivity index (χ3v) is 4.48. The van der Waals surface area contributed by atoms with Gasteiger partial charge >= 0.3 is 10.1 Å². The van der Waals surface area contributed by atoms with E-state index >= 15 is 0 Å². The Morgan fingerprint density at radius 1 is 1.32 bits per heavy atom. The number of aliphatic hydroxyl groups excluding tert-OH is 1. The van der Waals surface area contributed by atoms with Crippen molar-refractivity contribution in [3.8, 4) is 0 Å². The summed E-state index contributed by atoms with van der Waals surface area (Å²) in [6.07, 6.45) is 0.354. The number of hydrogen-bond donors (Lipinski definition) is 1. The largest absolute Gasteiger partial charge is 0.388 e. The minimum atomic E-state index is -3.73. The molecule has 1 aromatic carbocycles. The first-order valence-corrected chi connectivity index (χ1v) is 8.82. The third-order valence-electron chi connectivity index (χ3n) is 3.36. The summed E-state index contributed by atoms with van der Waals surface area (Å²) < 4.78 is 27.4. The van der Waals surface area contributed by atoms with Gasteiger partial charge < -0.3 is 14.1 Å². The van der Waals surface area contributed by atoms with E-state index in [0.29, 0.717) is 21.3 Å². The summed E-state index contributed by atoms with van der Waals surface area (Å²) in [5, 5.41) is 14.8. The number of nitrogens with zero attached hydrogens (tertiary/aromatic N) is 1. The summed E-state index contributed by atoms with van der Waals surface area (Å²) in [5.41, 5.74) is 0.808. The van der Waals surface area contributed by atoms with Gasteiger partial charge in [0, 0.05) is 5.56 Å². The van der Waals surface area contributed by atoms with Crippen molar-refractivity contribution in [2.24, 2.45) is 11.1 Å². The Morgan fingerprint density at radius 3 is 2.55 bits per heavy atom. The number of rotatable bonds is 3. The third kappa shape index (κ3) is 2.69. The molecular formula is C13H11Cl2NO5S. The molecule has 1 aliphatic carbocycles. The predicted octanol–water partition coefficient (Wildman–Crippen LogP) is 1.95. The summed E-state index contributed by atoms with van der Waals surface area (Å²) in [4.78, 5) is 5.24. The van der Waals surface area contributed by atoms with Crippen LogP contribution in [0.15, 0.2) is 35.2 Å². The van der Waals surface area contributed by atoms with Crippen molar-refractivity contribution >= 4 is 39.0 Å². The van der Waals surface area contributed by atoms with Crippen molar-refractivity contribution in [2.45, 2.75) is 12.2 Å². The fourth-order valence-electron chi connectivity index (χ4n) is 2.52. The molecule has 1 aromatic rings. The van der Waals surface area contributed by atoms with Crippen LogP contribution in [0.5, 0.6) is 0 Å². The van der Waals surface area contributed by atoms with Crippen LogP contribution in [0.2, 0.25) is 10.0 Å². The average molecular weight is 364 g/mol. The highest BCUT2D eigenvalue weighted by Crippen LogP contribution is 2.40. The lowest BCUT2D eigenvalue weighted by atomic mass is 9.91. The van der Waals surface area contributed by atoms with E-state index in [4.69, 9.17) is 32.2 Å². The normalized spacial score (nSPS) is 27.0. The van der Waals surface area contributed by atoms with Crippen LogP contribution in [0.3, 0.4) is 0 Å². The number of aliphatic hydroxyl groups is 1. The van der Waals surface area contributed by atoms with Crippen LogP contribution < -0.4 is 0 Å². The summed E-state index contributed by atoms with van der Waals surface area (Å²) in [5.74, 6) is -0.629. The lowest BCUT2D eigenvalue weighted by Gasteiger charge is -2.16. The maximum absolute atomic E-state index is 11.3. The van der Waals surface area contributed by atoms with Crippen LogP contribution in [0, 0.1) is 5.92 Å². The monoisotopic (exact) mass is 363 g/mol. The first-order valence-electron chi connectivity index (χ1n) is 6.25. The zero-order chi connectivity index (χ0) is 16.1. The molecule has 118 valence electrons. The van der Waals surface area contributed by atoms with Crippen LogP contribution in [-0.2, 0) is 19.1 Å². The van der Waals surface area contributed by atoms with Crippen molar-refractivity contribution in [3.63, 3.8) is 0 Å². The van der Waals surface area contributed by atoms with E-state index in [1.807, 2.05) is 0 Å². The zero-order valence-electron chi connectivity index (χ0n) is 11.2. The molecule has 9 heteroatoms. The molecule has 2 aliphatic rings. The van der Waals surface area contributed by atoms with Gasteiger partial charge in [0.15, 0.2) is 11.9 Å². The van der Waals surface area contributed by atoms with Gasteiger partial charge in [0.2, 0.25) is 0 Å². The summed E-state index contributed by atoms with van der Waals surface area (Å²) >= 11 is 12.3. The fraction of sp³-hybridized carbons (Fsp3) is 0.308. The molecule has 0 unspecified atom stereocenters. The van der Waals surface area contributed by atoms with Gasteiger partial charge in [0.25, 0.3) is 0 Å². The van der Waals surface area contributed by atoms with Gasteiger partial charge in [-0.1, -0.05) is 34.4 Å². The van der Waals surface area contributed by atoms with E-state index < -0.39 is 28.2 Å². The second kappa shape index (κ2) is 5.42. The Labute approximate surface area is 137 Å². The molecule has 0 saturated heterocycles. The quantitative estimate of drug-likeness (QED) is 0.829. The van der Waals surface area contributed by atoms with Gasteiger partial charge in [-0.3, -0.25) is 0 Å².